The van der Waals surface area contributed by atoms with Gasteiger partial charge in [0.1, 0.15) is 0 Å². The number of rotatable bonds is 6. The van der Waals surface area contributed by atoms with E-state index in [1.54, 1.807) is 17.8 Å². The maximum Gasteiger partial charge on any atom is 0.417 e. The number of nitrogens with one attached hydrogen (secondary N) is 1. The molecule has 0 aliphatic carbocycles. The highest BCUT2D eigenvalue weighted by molar-refractivity contribution is 5.95. The molecular weight excluding hydrogens is 361 g/mol. The predicted molar refractivity (Wildman–Crippen MR) is 90.3 cm³/mol. The van der Waals surface area contributed by atoms with Crippen molar-refractivity contribution in [3.8, 4) is 5.82 Å². The monoisotopic (exact) mass is 378 g/mol. The number of amides is 1. The van der Waals surface area contributed by atoms with E-state index in [2.05, 4.69) is 20.5 Å². The summed E-state index contributed by atoms with van der Waals surface area (Å²) < 4.78 is 41.0. The van der Waals surface area contributed by atoms with E-state index >= 15 is 0 Å². The lowest BCUT2D eigenvalue weighted by Crippen LogP contribution is -2.25. The lowest BCUT2D eigenvalue weighted by Gasteiger charge is -2.08. The van der Waals surface area contributed by atoms with Gasteiger partial charge in [0.25, 0.3) is 5.91 Å². The van der Waals surface area contributed by atoms with Gasteiger partial charge >= 0.3 is 6.18 Å². The highest BCUT2D eigenvalue weighted by atomic mass is 19.4. The molecule has 0 aliphatic heterocycles. The van der Waals surface area contributed by atoms with Gasteiger partial charge in [-0.1, -0.05) is 0 Å². The molecule has 27 heavy (non-hydrogen) atoms. The third-order valence-corrected chi connectivity index (χ3v) is 3.96. The zero-order chi connectivity index (χ0) is 19.4. The Balaban J connectivity index is 1.63. The van der Waals surface area contributed by atoms with Crippen LogP contribution in [0.4, 0.5) is 13.2 Å². The van der Waals surface area contributed by atoms with Crippen LogP contribution in [-0.2, 0) is 12.7 Å². The molecule has 0 saturated heterocycles. The van der Waals surface area contributed by atoms with Gasteiger partial charge in [0.05, 0.1) is 23.0 Å². The number of hydrogen-bond acceptors (Lipinski definition) is 4. The fraction of sp³-hybridized carbons (Fsp3) is 0.294. The largest absolute Gasteiger partial charge is 0.417 e. The molecule has 1 amide bonds. The minimum absolute atomic E-state index is 0.207. The first-order valence-electron chi connectivity index (χ1n) is 8.20. The van der Waals surface area contributed by atoms with E-state index in [4.69, 9.17) is 0 Å². The van der Waals surface area contributed by atoms with Crippen molar-refractivity contribution >= 4 is 5.91 Å². The van der Waals surface area contributed by atoms with Gasteiger partial charge < -0.3 is 5.32 Å². The average molecular weight is 378 g/mol. The Labute approximate surface area is 152 Å². The van der Waals surface area contributed by atoms with Gasteiger partial charge in [-0.2, -0.15) is 23.4 Å². The predicted octanol–water partition coefficient (Wildman–Crippen LogP) is 2.61. The molecule has 0 unspecified atom stereocenters. The van der Waals surface area contributed by atoms with Gasteiger partial charge in [-0.25, -0.2) is 9.67 Å². The Hall–Kier alpha value is -3.17. The smallest absolute Gasteiger partial charge is 0.352 e. The molecule has 0 aliphatic rings. The third kappa shape index (κ3) is 4.33. The summed E-state index contributed by atoms with van der Waals surface area (Å²) in [7, 11) is 0. The second-order valence-electron chi connectivity index (χ2n) is 5.84. The molecule has 1 N–H and O–H groups in total. The number of aromatic nitrogens is 5. The summed E-state index contributed by atoms with van der Waals surface area (Å²) in [6.45, 7) is 2.80. The Morgan fingerprint density at radius 2 is 2.04 bits per heavy atom. The molecule has 3 aromatic heterocycles. The summed E-state index contributed by atoms with van der Waals surface area (Å²) in [6, 6.07) is 3.97. The lowest BCUT2D eigenvalue weighted by atomic mass is 10.2. The average Bonchev–Trinajstić information content (AvgIpc) is 3.27. The molecule has 10 heteroatoms. The van der Waals surface area contributed by atoms with Crippen LogP contribution < -0.4 is 5.32 Å². The van der Waals surface area contributed by atoms with Crippen molar-refractivity contribution in [2.45, 2.75) is 26.1 Å². The van der Waals surface area contributed by atoms with Crippen molar-refractivity contribution in [2.75, 3.05) is 6.54 Å². The van der Waals surface area contributed by atoms with E-state index in [1.807, 2.05) is 12.3 Å². The first-order valence-corrected chi connectivity index (χ1v) is 8.20. The molecular formula is C17H17F3N6O. The fourth-order valence-corrected chi connectivity index (χ4v) is 2.51. The van der Waals surface area contributed by atoms with E-state index in [0.29, 0.717) is 30.8 Å². The highest BCUT2D eigenvalue weighted by Gasteiger charge is 2.30. The second-order valence-corrected chi connectivity index (χ2v) is 5.84. The van der Waals surface area contributed by atoms with Crippen LogP contribution in [0.2, 0.25) is 0 Å². The topological polar surface area (TPSA) is 77.6 Å². The molecule has 3 heterocycles. The van der Waals surface area contributed by atoms with Crippen molar-refractivity contribution < 1.29 is 18.0 Å². The van der Waals surface area contributed by atoms with Crippen LogP contribution in [0, 0.1) is 6.92 Å². The van der Waals surface area contributed by atoms with Crippen LogP contribution in [0.15, 0.2) is 43.0 Å². The minimum atomic E-state index is -4.45. The first-order chi connectivity index (χ1) is 12.9. The molecule has 0 spiro atoms. The van der Waals surface area contributed by atoms with Crippen molar-refractivity contribution in [3.63, 3.8) is 0 Å². The van der Waals surface area contributed by atoms with Crippen LogP contribution in [0.1, 0.15) is 28.0 Å². The van der Waals surface area contributed by atoms with Crippen molar-refractivity contribution in [1.82, 2.24) is 29.9 Å². The number of nitrogens with zero attached hydrogens (tertiary/aromatic N) is 5. The Morgan fingerprint density at radius 1 is 1.22 bits per heavy atom. The minimum Gasteiger partial charge on any atom is -0.352 e. The molecule has 0 saturated carbocycles. The molecule has 7 nitrogen and oxygen atoms in total. The van der Waals surface area contributed by atoms with Gasteiger partial charge in [0.2, 0.25) is 0 Å². The lowest BCUT2D eigenvalue weighted by molar-refractivity contribution is -0.137. The molecule has 0 bridgehead atoms. The van der Waals surface area contributed by atoms with Crippen molar-refractivity contribution in [1.29, 1.82) is 0 Å². The molecule has 0 fully saturated rings. The fourth-order valence-electron chi connectivity index (χ4n) is 2.51. The molecule has 3 rings (SSSR count). The second kappa shape index (κ2) is 7.60. The zero-order valence-corrected chi connectivity index (χ0v) is 14.4. The van der Waals surface area contributed by atoms with Crippen LogP contribution in [0.5, 0.6) is 0 Å². The van der Waals surface area contributed by atoms with E-state index in [1.165, 1.54) is 16.9 Å². The molecule has 3 aromatic rings. The SMILES string of the molecule is Cc1c(C(=O)NCCCn2cccn2)cnn1-c1ccc(C(F)(F)F)cn1. The zero-order valence-electron chi connectivity index (χ0n) is 14.4. The number of alkyl halides is 3. The van der Waals surface area contributed by atoms with Crippen LogP contribution in [-0.4, -0.2) is 37.0 Å². The quantitative estimate of drug-likeness (QED) is 0.669. The van der Waals surface area contributed by atoms with Gasteiger partial charge in [-0.15, -0.1) is 0 Å². The normalized spacial score (nSPS) is 11.6. The number of halogens is 3. The van der Waals surface area contributed by atoms with E-state index in [9.17, 15) is 18.0 Å². The molecule has 142 valence electrons. The van der Waals surface area contributed by atoms with Gasteiger partial charge in [-0.3, -0.25) is 9.48 Å². The summed E-state index contributed by atoms with van der Waals surface area (Å²) in [4.78, 5) is 16.1. The van der Waals surface area contributed by atoms with E-state index in [0.717, 1.165) is 12.3 Å². The summed E-state index contributed by atoms with van der Waals surface area (Å²) in [5.41, 5.74) is -0.00571. The van der Waals surface area contributed by atoms with E-state index in [-0.39, 0.29) is 11.7 Å². The van der Waals surface area contributed by atoms with Gasteiger partial charge in [0, 0.05) is 31.7 Å². The van der Waals surface area contributed by atoms with Crippen LogP contribution in [0.3, 0.4) is 0 Å². The number of hydrogen-bond donors (Lipinski definition) is 1. The highest BCUT2D eigenvalue weighted by Crippen LogP contribution is 2.28. The molecule has 0 radical (unpaired) electrons. The Bertz CT molecular complexity index is 900. The molecule has 0 aromatic carbocycles. The first kappa shape index (κ1) is 18.6. The van der Waals surface area contributed by atoms with Gasteiger partial charge in [0.15, 0.2) is 5.82 Å². The Morgan fingerprint density at radius 3 is 2.67 bits per heavy atom. The molecule has 0 atom stereocenters. The van der Waals surface area contributed by atoms with Crippen LogP contribution in [0.25, 0.3) is 5.82 Å². The summed E-state index contributed by atoms with van der Waals surface area (Å²) in [5, 5.41) is 10.9. The maximum absolute atomic E-state index is 12.6. The van der Waals surface area contributed by atoms with Crippen molar-refractivity contribution in [3.05, 3.63) is 59.8 Å². The number of pyridine rings is 1. The maximum atomic E-state index is 12.6. The Kier molecular flexibility index (Phi) is 5.24. The standard InChI is InChI=1S/C17H17F3N6O/c1-12-14(16(27)21-6-2-8-25-9-3-7-23-25)11-24-26(12)15-5-4-13(10-22-15)17(18,19)20/h3-5,7,9-11H,2,6,8H2,1H3,(H,21,27). The van der Waals surface area contributed by atoms with Crippen molar-refractivity contribution in [2.24, 2.45) is 0 Å². The van der Waals surface area contributed by atoms with Gasteiger partial charge in [-0.05, 0) is 31.5 Å². The number of aryl methyl sites for hydroxylation is 1. The van der Waals surface area contributed by atoms with Crippen LogP contribution >= 0.6 is 0 Å². The van der Waals surface area contributed by atoms with E-state index < -0.39 is 11.7 Å². The third-order valence-electron chi connectivity index (χ3n) is 3.96. The number of carbonyl (C=O) groups excluding carboxylic acids is 1. The summed E-state index contributed by atoms with van der Waals surface area (Å²) in [5.74, 6) is -0.0932. The summed E-state index contributed by atoms with van der Waals surface area (Å²) >= 11 is 0. The summed E-state index contributed by atoms with van der Waals surface area (Å²) in [6.07, 6.45) is 1.90. The number of carbonyl (C=O) groups is 1.